The first-order chi connectivity index (χ1) is 8.68. The third-order valence-corrected chi connectivity index (χ3v) is 3.87. The Kier molecular flexibility index (Phi) is 4.15. The van der Waals surface area contributed by atoms with E-state index in [1.54, 1.807) is 11.3 Å². The second-order valence-corrected chi connectivity index (χ2v) is 5.12. The van der Waals surface area contributed by atoms with Crippen LogP contribution < -0.4 is 5.32 Å². The van der Waals surface area contributed by atoms with Gasteiger partial charge in [0.2, 0.25) is 5.91 Å². The van der Waals surface area contributed by atoms with E-state index in [4.69, 9.17) is 5.11 Å². The molecule has 1 aliphatic carbocycles. The van der Waals surface area contributed by atoms with Crippen LogP contribution in [0.5, 0.6) is 0 Å². The van der Waals surface area contributed by atoms with Gasteiger partial charge in [-0.15, -0.1) is 0 Å². The van der Waals surface area contributed by atoms with Gasteiger partial charge in [-0.2, -0.15) is 11.3 Å². The van der Waals surface area contributed by atoms with E-state index in [0.717, 1.165) is 5.56 Å². The highest BCUT2D eigenvalue weighted by atomic mass is 32.1. The van der Waals surface area contributed by atoms with Crippen molar-refractivity contribution in [2.75, 3.05) is 0 Å². The van der Waals surface area contributed by atoms with E-state index in [1.165, 1.54) is 0 Å². The molecule has 0 aliphatic heterocycles. The molecule has 0 saturated carbocycles. The molecule has 2 N–H and O–H groups in total. The van der Waals surface area contributed by atoms with Crippen molar-refractivity contribution in [3.8, 4) is 0 Å². The molecular formula is C13H15NO3S. The Morgan fingerprint density at radius 2 is 2.06 bits per heavy atom. The first-order valence-electron chi connectivity index (χ1n) is 5.85. The van der Waals surface area contributed by atoms with Crippen LogP contribution in [0.15, 0.2) is 29.0 Å². The Bertz CT molecular complexity index is 453. The number of carboxylic acid groups (broad SMARTS) is 1. The molecule has 1 amide bonds. The van der Waals surface area contributed by atoms with Crippen LogP contribution in [0.4, 0.5) is 0 Å². The topological polar surface area (TPSA) is 66.4 Å². The lowest BCUT2D eigenvalue weighted by Gasteiger charge is -2.24. The van der Waals surface area contributed by atoms with Gasteiger partial charge >= 0.3 is 5.97 Å². The normalized spacial score (nSPS) is 22.7. The summed E-state index contributed by atoms with van der Waals surface area (Å²) in [5.41, 5.74) is 1.05. The van der Waals surface area contributed by atoms with E-state index < -0.39 is 17.8 Å². The van der Waals surface area contributed by atoms with Crippen molar-refractivity contribution in [3.63, 3.8) is 0 Å². The van der Waals surface area contributed by atoms with Crippen molar-refractivity contribution in [3.05, 3.63) is 34.5 Å². The van der Waals surface area contributed by atoms with Gasteiger partial charge in [0, 0.05) is 6.54 Å². The number of carbonyl (C=O) groups is 2. The van der Waals surface area contributed by atoms with Crippen molar-refractivity contribution in [1.29, 1.82) is 0 Å². The second kappa shape index (κ2) is 5.82. The zero-order valence-corrected chi connectivity index (χ0v) is 10.7. The standard InChI is InChI=1S/C13H15NO3S/c15-12(14-7-9-5-6-18-8-9)10-3-1-2-4-11(10)13(16)17/h1-2,5-6,8,10-11H,3-4,7H2,(H,14,15)(H,16,17)/t10-,11-/m1/s1. The monoisotopic (exact) mass is 265 g/mol. The molecule has 1 aromatic heterocycles. The molecule has 0 bridgehead atoms. The van der Waals surface area contributed by atoms with Gasteiger partial charge in [-0.05, 0) is 35.2 Å². The summed E-state index contributed by atoms with van der Waals surface area (Å²) in [5.74, 6) is -2.11. The second-order valence-electron chi connectivity index (χ2n) is 4.34. The zero-order chi connectivity index (χ0) is 13.0. The van der Waals surface area contributed by atoms with Crippen LogP contribution in [0.2, 0.25) is 0 Å². The maximum atomic E-state index is 12.0. The van der Waals surface area contributed by atoms with Gasteiger partial charge in [-0.25, -0.2) is 0 Å². The average Bonchev–Trinajstić information content (AvgIpc) is 2.89. The van der Waals surface area contributed by atoms with Crippen LogP contribution >= 0.6 is 11.3 Å². The summed E-state index contributed by atoms with van der Waals surface area (Å²) in [5, 5.41) is 15.8. The van der Waals surface area contributed by atoms with Crippen molar-refractivity contribution in [2.45, 2.75) is 19.4 Å². The number of nitrogens with one attached hydrogen (secondary N) is 1. The van der Waals surface area contributed by atoms with E-state index in [2.05, 4.69) is 5.32 Å². The molecule has 2 atom stereocenters. The Morgan fingerprint density at radius 3 is 2.67 bits per heavy atom. The highest BCUT2D eigenvalue weighted by molar-refractivity contribution is 7.07. The molecule has 0 spiro atoms. The number of aliphatic carboxylic acids is 1. The van der Waals surface area contributed by atoms with Gasteiger partial charge in [0.05, 0.1) is 11.8 Å². The van der Waals surface area contributed by atoms with Crippen LogP contribution in [-0.4, -0.2) is 17.0 Å². The quantitative estimate of drug-likeness (QED) is 0.819. The molecule has 18 heavy (non-hydrogen) atoms. The summed E-state index contributed by atoms with van der Waals surface area (Å²) in [7, 11) is 0. The molecule has 0 saturated heterocycles. The predicted molar refractivity (Wildman–Crippen MR) is 69.2 cm³/mol. The fourth-order valence-corrected chi connectivity index (χ4v) is 2.76. The van der Waals surface area contributed by atoms with Gasteiger partial charge in [0.15, 0.2) is 0 Å². The third-order valence-electron chi connectivity index (χ3n) is 3.13. The van der Waals surface area contributed by atoms with Gasteiger partial charge in [-0.1, -0.05) is 12.2 Å². The van der Waals surface area contributed by atoms with Crippen LogP contribution in [0.3, 0.4) is 0 Å². The van der Waals surface area contributed by atoms with E-state index >= 15 is 0 Å². The molecule has 0 aromatic carbocycles. The summed E-state index contributed by atoms with van der Waals surface area (Å²) < 4.78 is 0. The predicted octanol–water partition coefficient (Wildman–Crippen LogP) is 2.03. The molecule has 5 heteroatoms. The van der Waals surface area contributed by atoms with E-state index in [0.29, 0.717) is 19.4 Å². The number of allylic oxidation sites excluding steroid dienone is 2. The first kappa shape index (κ1) is 12.8. The lowest BCUT2D eigenvalue weighted by atomic mass is 9.82. The Balaban J connectivity index is 1.94. The molecule has 2 rings (SSSR count). The largest absolute Gasteiger partial charge is 0.481 e. The van der Waals surface area contributed by atoms with Gasteiger partial charge in [-0.3, -0.25) is 9.59 Å². The van der Waals surface area contributed by atoms with Gasteiger partial charge in [0.25, 0.3) is 0 Å². The van der Waals surface area contributed by atoms with E-state index in [-0.39, 0.29) is 5.91 Å². The summed E-state index contributed by atoms with van der Waals surface area (Å²) in [6, 6.07) is 1.94. The summed E-state index contributed by atoms with van der Waals surface area (Å²) in [6.07, 6.45) is 4.66. The molecule has 0 unspecified atom stereocenters. The first-order valence-corrected chi connectivity index (χ1v) is 6.79. The average molecular weight is 265 g/mol. The highest BCUT2D eigenvalue weighted by Crippen LogP contribution is 2.26. The number of thiophene rings is 1. The molecular weight excluding hydrogens is 250 g/mol. The number of amides is 1. The van der Waals surface area contributed by atoms with Crippen LogP contribution in [0.25, 0.3) is 0 Å². The molecule has 0 fully saturated rings. The molecule has 0 radical (unpaired) electrons. The zero-order valence-electron chi connectivity index (χ0n) is 9.83. The van der Waals surface area contributed by atoms with Crippen molar-refractivity contribution in [1.82, 2.24) is 5.32 Å². The number of hydrogen-bond acceptors (Lipinski definition) is 3. The number of carbonyl (C=O) groups excluding carboxylic acids is 1. The van der Waals surface area contributed by atoms with Crippen molar-refractivity contribution < 1.29 is 14.7 Å². The maximum absolute atomic E-state index is 12.0. The molecule has 4 nitrogen and oxygen atoms in total. The maximum Gasteiger partial charge on any atom is 0.307 e. The Morgan fingerprint density at radius 1 is 1.33 bits per heavy atom. The van der Waals surface area contributed by atoms with Crippen LogP contribution in [0, 0.1) is 11.8 Å². The fraction of sp³-hybridized carbons (Fsp3) is 0.385. The summed E-state index contributed by atoms with van der Waals surface area (Å²) in [4.78, 5) is 23.1. The van der Waals surface area contributed by atoms with E-state index in [9.17, 15) is 9.59 Å². The highest BCUT2D eigenvalue weighted by Gasteiger charge is 2.33. The third kappa shape index (κ3) is 2.98. The number of carboxylic acids is 1. The van der Waals surface area contributed by atoms with Gasteiger partial charge < -0.3 is 10.4 Å². The Hall–Kier alpha value is -1.62. The lowest BCUT2D eigenvalue weighted by molar-refractivity contribution is -0.147. The molecule has 1 heterocycles. The lowest BCUT2D eigenvalue weighted by Crippen LogP contribution is -2.38. The molecule has 96 valence electrons. The molecule has 1 aromatic rings. The minimum absolute atomic E-state index is 0.169. The summed E-state index contributed by atoms with van der Waals surface area (Å²) in [6.45, 7) is 0.467. The molecule has 1 aliphatic rings. The van der Waals surface area contributed by atoms with Crippen LogP contribution in [-0.2, 0) is 16.1 Å². The number of rotatable bonds is 4. The van der Waals surface area contributed by atoms with Crippen molar-refractivity contribution >= 4 is 23.2 Å². The van der Waals surface area contributed by atoms with Crippen LogP contribution in [0.1, 0.15) is 18.4 Å². The van der Waals surface area contributed by atoms with Crippen molar-refractivity contribution in [2.24, 2.45) is 11.8 Å². The minimum atomic E-state index is -0.893. The van der Waals surface area contributed by atoms with E-state index in [1.807, 2.05) is 29.0 Å². The van der Waals surface area contributed by atoms with Gasteiger partial charge in [0.1, 0.15) is 0 Å². The smallest absolute Gasteiger partial charge is 0.307 e. The minimum Gasteiger partial charge on any atom is -0.481 e. The summed E-state index contributed by atoms with van der Waals surface area (Å²) >= 11 is 1.58. The fourth-order valence-electron chi connectivity index (χ4n) is 2.09. The SMILES string of the molecule is O=C(O)[C@@H]1CC=CC[C@H]1C(=O)NCc1ccsc1. The Labute approximate surface area is 109 Å². The number of hydrogen-bond donors (Lipinski definition) is 2.